The maximum absolute atomic E-state index is 3.38. The summed E-state index contributed by atoms with van der Waals surface area (Å²) in [6, 6.07) is 0. The Hall–Kier alpha value is -0.0400. The Morgan fingerprint density at radius 1 is 1.00 bits per heavy atom. The number of piperidine rings is 1. The van der Waals surface area contributed by atoms with Gasteiger partial charge < -0.3 is 5.32 Å². The van der Waals surface area contributed by atoms with Crippen LogP contribution in [0.15, 0.2) is 0 Å². The molecule has 0 aromatic heterocycles. The molecule has 2 unspecified atom stereocenters. The minimum absolute atomic E-state index is 0.902. The average Bonchev–Trinajstić information content (AvgIpc) is 1.91. The van der Waals surface area contributed by atoms with Gasteiger partial charge in [0.1, 0.15) is 0 Å². The molecule has 0 aromatic carbocycles. The van der Waals surface area contributed by atoms with Gasteiger partial charge in [0.05, 0.1) is 0 Å². The highest BCUT2D eigenvalue weighted by Crippen LogP contribution is 2.13. The summed E-state index contributed by atoms with van der Waals surface area (Å²) in [4.78, 5) is 0. The summed E-state index contributed by atoms with van der Waals surface area (Å²) < 4.78 is 0. The van der Waals surface area contributed by atoms with Crippen LogP contribution in [-0.2, 0) is 0 Å². The molecule has 1 fully saturated rings. The van der Waals surface area contributed by atoms with Crippen molar-refractivity contribution in [1.82, 2.24) is 5.32 Å². The van der Waals surface area contributed by atoms with E-state index < -0.39 is 0 Å². The second-order valence-electron chi connectivity index (χ2n) is 3.10. The van der Waals surface area contributed by atoms with E-state index in [0.717, 1.165) is 11.8 Å². The fraction of sp³-hybridized carbons (Fsp3) is 1.00. The predicted octanol–water partition coefficient (Wildman–Crippen LogP) is 2.28. The Morgan fingerprint density at radius 3 is 1.60 bits per heavy atom. The van der Waals surface area contributed by atoms with Gasteiger partial charge in [0.2, 0.25) is 0 Å². The Morgan fingerprint density at radius 2 is 1.40 bits per heavy atom. The lowest BCUT2D eigenvalue weighted by atomic mass is 9.94. The van der Waals surface area contributed by atoms with Crippen LogP contribution in [0.2, 0.25) is 0 Å². The fourth-order valence-electron chi connectivity index (χ4n) is 1.43. The second-order valence-corrected chi connectivity index (χ2v) is 3.10. The van der Waals surface area contributed by atoms with Crippen LogP contribution in [0.25, 0.3) is 0 Å². The van der Waals surface area contributed by atoms with Crippen LogP contribution in [0.1, 0.15) is 34.1 Å². The molecule has 1 heterocycles. The zero-order valence-electron chi connectivity index (χ0n) is 7.78. The zero-order chi connectivity index (χ0) is 7.98. The van der Waals surface area contributed by atoms with Gasteiger partial charge in [-0.05, 0) is 31.3 Å². The molecule has 1 heteroatoms. The lowest BCUT2D eigenvalue weighted by Crippen LogP contribution is -2.33. The number of hydrogen-bond donors (Lipinski definition) is 1. The van der Waals surface area contributed by atoms with E-state index in [-0.39, 0.29) is 0 Å². The molecule has 0 radical (unpaired) electrons. The van der Waals surface area contributed by atoms with Crippen LogP contribution >= 0.6 is 0 Å². The number of hydrogen-bond acceptors (Lipinski definition) is 1. The van der Waals surface area contributed by atoms with Crippen LogP contribution in [-0.4, -0.2) is 13.1 Å². The van der Waals surface area contributed by atoms with Gasteiger partial charge in [-0.3, -0.25) is 0 Å². The van der Waals surface area contributed by atoms with E-state index in [1.54, 1.807) is 0 Å². The van der Waals surface area contributed by atoms with E-state index in [4.69, 9.17) is 0 Å². The SMILES string of the molecule is CC.CC1CNCC(C)C1. The van der Waals surface area contributed by atoms with Gasteiger partial charge in [0.15, 0.2) is 0 Å². The number of nitrogens with one attached hydrogen (secondary N) is 1. The zero-order valence-corrected chi connectivity index (χ0v) is 7.78. The Balaban J connectivity index is 0.000000371. The lowest BCUT2D eigenvalue weighted by molar-refractivity contribution is 0.321. The molecule has 2 atom stereocenters. The van der Waals surface area contributed by atoms with Crippen molar-refractivity contribution in [2.24, 2.45) is 11.8 Å². The molecule has 62 valence electrons. The summed E-state index contributed by atoms with van der Waals surface area (Å²) in [5.74, 6) is 1.80. The first-order chi connectivity index (χ1) is 4.79. The fourth-order valence-corrected chi connectivity index (χ4v) is 1.43. The molecule has 1 aliphatic heterocycles. The molecule has 0 bridgehead atoms. The summed E-state index contributed by atoms with van der Waals surface area (Å²) >= 11 is 0. The van der Waals surface area contributed by atoms with Gasteiger partial charge in [0, 0.05) is 0 Å². The summed E-state index contributed by atoms with van der Waals surface area (Å²) in [6.07, 6.45) is 1.41. The van der Waals surface area contributed by atoms with Gasteiger partial charge in [0.25, 0.3) is 0 Å². The quantitative estimate of drug-likeness (QED) is 0.548. The third kappa shape index (κ3) is 3.89. The van der Waals surface area contributed by atoms with Crippen molar-refractivity contribution < 1.29 is 0 Å². The topological polar surface area (TPSA) is 12.0 Å². The van der Waals surface area contributed by atoms with Crippen LogP contribution in [0.3, 0.4) is 0 Å². The minimum atomic E-state index is 0.902. The molecule has 1 N–H and O–H groups in total. The average molecular weight is 143 g/mol. The summed E-state index contributed by atoms with van der Waals surface area (Å²) in [5, 5.41) is 3.38. The monoisotopic (exact) mass is 143 g/mol. The normalized spacial score (nSPS) is 32.4. The van der Waals surface area contributed by atoms with Gasteiger partial charge >= 0.3 is 0 Å². The van der Waals surface area contributed by atoms with Crippen molar-refractivity contribution >= 4 is 0 Å². The Labute approximate surface area is 65.2 Å². The van der Waals surface area contributed by atoms with Crippen molar-refractivity contribution in [3.63, 3.8) is 0 Å². The lowest BCUT2D eigenvalue weighted by Gasteiger charge is -2.24. The molecule has 1 aliphatic rings. The van der Waals surface area contributed by atoms with Crippen LogP contribution in [0, 0.1) is 11.8 Å². The Kier molecular flexibility index (Phi) is 5.70. The van der Waals surface area contributed by atoms with E-state index in [1.165, 1.54) is 19.5 Å². The minimum Gasteiger partial charge on any atom is -0.316 e. The van der Waals surface area contributed by atoms with Crippen molar-refractivity contribution in [1.29, 1.82) is 0 Å². The molecule has 10 heavy (non-hydrogen) atoms. The smallest absolute Gasteiger partial charge is 0.00229 e. The van der Waals surface area contributed by atoms with Crippen molar-refractivity contribution in [2.45, 2.75) is 34.1 Å². The number of rotatable bonds is 0. The van der Waals surface area contributed by atoms with E-state index >= 15 is 0 Å². The molecule has 0 amide bonds. The van der Waals surface area contributed by atoms with Crippen molar-refractivity contribution in [2.75, 3.05) is 13.1 Å². The highest BCUT2D eigenvalue weighted by atomic mass is 14.9. The summed E-state index contributed by atoms with van der Waals surface area (Å²) in [5.41, 5.74) is 0. The van der Waals surface area contributed by atoms with Crippen LogP contribution in [0.4, 0.5) is 0 Å². The van der Waals surface area contributed by atoms with Gasteiger partial charge in [-0.2, -0.15) is 0 Å². The highest BCUT2D eigenvalue weighted by Gasteiger charge is 2.12. The van der Waals surface area contributed by atoms with Crippen molar-refractivity contribution in [3.8, 4) is 0 Å². The van der Waals surface area contributed by atoms with E-state index in [2.05, 4.69) is 19.2 Å². The molecule has 0 aromatic rings. The molecular formula is C9H21N. The highest BCUT2D eigenvalue weighted by molar-refractivity contribution is 4.69. The maximum atomic E-state index is 3.38. The largest absolute Gasteiger partial charge is 0.316 e. The van der Waals surface area contributed by atoms with Crippen LogP contribution in [0.5, 0.6) is 0 Å². The first-order valence-corrected chi connectivity index (χ1v) is 4.49. The second kappa shape index (κ2) is 5.72. The van der Waals surface area contributed by atoms with E-state index in [1.807, 2.05) is 13.8 Å². The third-order valence-corrected chi connectivity index (χ3v) is 1.79. The summed E-state index contributed by atoms with van der Waals surface area (Å²) in [6.45, 7) is 11.1. The van der Waals surface area contributed by atoms with Gasteiger partial charge in [-0.25, -0.2) is 0 Å². The summed E-state index contributed by atoms with van der Waals surface area (Å²) in [7, 11) is 0. The molecule has 0 aliphatic carbocycles. The van der Waals surface area contributed by atoms with E-state index in [0.29, 0.717) is 0 Å². The molecule has 1 saturated heterocycles. The molecule has 0 saturated carbocycles. The standard InChI is InChI=1S/C7H15N.C2H6/c1-6-3-7(2)5-8-4-6;1-2/h6-8H,3-5H2,1-2H3;1-2H3. The Bertz CT molecular complexity index is 63.1. The first kappa shape index (κ1) is 9.96. The van der Waals surface area contributed by atoms with Gasteiger partial charge in [-0.15, -0.1) is 0 Å². The predicted molar refractivity (Wildman–Crippen MR) is 47.2 cm³/mol. The molecule has 1 rings (SSSR count). The first-order valence-electron chi connectivity index (χ1n) is 4.49. The molecule has 1 nitrogen and oxygen atoms in total. The van der Waals surface area contributed by atoms with Crippen LogP contribution < -0.4 is 5.32 Å². The van der Waals surface area contributed by atoms with E-state index in [9.17, 15) is 0 Å². The van der Waals surface area contributed by atoms with Crippen molar-refractivity contribution in [3.05, 3.63) is 0 Å². The maximum Gasteiger partial charge on any atom is -0.00229 e. The molecule has 0 spiro atoms. The molecular weight excluding hydrogens is 122 g/mol. The third-order valence-electron chi connectivity index (χ3n) is 1.79. The van der Waals surface area contributed by atoms with Gasteiger partial charge in [-0.1, -0.05) is 27.7 Å².